The molecule has 0 bridgehead atoms. The monoisotopic (exact) mass is 335 g/mol. The normalized spacial score (nSPS) is 10.3. The Morgan fingerprint density at radius 1 is 1.20 bits per heavy atom. The Labute approximate surface area is 127 Å². The standard InChI is InChI=1S/C15H18BrN3O/c1-3-9-17-15-18-10-13(16)14(19-15)20-12-7-5-11(4-2)6-8-12/h5-8,10H,3-4,9H2,1-2H3,(H,17,18,19). The van der Waals surface area contributed by atoms with Gasteiger partial charge in [-0.05, 0) is 46.5 Å². The molecule has 0 amide bonds. The van der Waals surface area contributed by atoms with Crippen molar-refractivity contribution < 1.29 is 4.74 Å². The Kier molecular flexibility index (Phi) is 5.35. The minimum Gasteiger partial charge on any atom is -0.438 e. The molecule has 2 aromatic rings. The predicted octanol–water partition coefficient (Wildman–Crippen LogP) is 4.42. The van der Waals surface area contributed by atoms with E-state index in [9.17, 15) is 0 Å². The lowest BCUT2D eigenvalue weighted by molar-refractivity contribution is 0.458. The van der Waals surface area contributed by atoms with Crippen LogP contribution in [0.25, 0.3) is 0 Å². The maximum Gasteiger partial charge on any atom is 0.238 e. The number of rotatable bonds is 6. The summed E-state index contributed by atoms with van der Waals surface area (Å²) in [6.07, 6.45) is 3.73. The summed E-state index contributed by atoms with van der Waals surface area (Å²) in [5.74, 6) is 1.86. The number of anilines is 1. The zero-order valence-corrected chi connectivity index (χ0v) is 13.3. The summed E-state index contributed by atoms with van der Waals surface area (Å²) in [4.78, 5) is 8.55. The third kappa shape index (κ3) is 3.93. The Hall–Kier alpha value is -1.62. The van der Waals surface area contributed by atoms with Gasteiger partial charge in [-0.25, -0.2) is 4.98 Å². The highest BCUT2D eigenvalue weighted by Gasteiger charge is 2.07. The van der Waals surface area contributed by atoms with E-state index in [4.69, 9.17) is 4.74 Å². The molecule has 106 valence electrons. The van der Waals surface area contributed by atoms with Crippen molar-refractivity contribution >= 4 is 21.9 Å². The second kappa shape index (κ2) is 7.24. The minimum atomic E-state index is 0.517. The largest absolute Gasteiger partial charge is 0.438 e. The van der Waals surface area contributed by atoms with Gasteiger partial charge in [0.1, 0.15) is 5.75 Å². The zero-order valence-electron chi connectivity index (χ0n) is 11.7. The van der Waals surface area contributed by atoms with Crippen molar-refractivity contribution in [3.63, 3.8) is 0 Å². The highest BCUT2D eigenvalue weighted by atomic mass is 79.9. The van der Waals surface area contributed by atoms with Crippen LogP contribution >= 0.6 is 15.9 Å². The van der Waals surface area contributed by atoms with E-state index in [1.54, 1.807) is 6.20 Å². The van der Waals surface area contributed by atoms with Crippen molar-refractivity contribution in [1.29, 1.82) is 0 Å². The molecule has 2 rings (SSSR count). The van der Waals surface area contributed by atoms with E-state index in [2.05, 4.69) is 57.2 Å². The summed E-state index contributed by atoms with van der Waals surface area (Å²) in [7, 11) is 0. The van der Waals surface area contributed by atoms with Crippen molar-refractivity contribution in [2.45, 2.75) is 26.7 Å². The number of benzene rings is 1. The topological polar surface area (TPSA) is 47.0 Å². The van der Waals surface area contributed by atoms with Gasteiger partial charge in [0.05, 0.1) is 10.7 Å². The summed E-state index contributed by atoms with van der Waals surface area (Å²) < 4.78 is 6.53. The molecule has 0 saturated heterocycles. The first kappa shape index (κ1) is 14.8. The summed E-state index contributed by atoms with van der Waals surface area (Å²) in [5.41, 5.74) is 1.28. The number of ether oxygens (including phenoxy) is 1. The molecule has 0 saturated carbocycles. The van der Waals surface area contributed by atoms with Gasteiger partial charge in [0.15, 0.2) is 0 Å². The van der Waals surface area contributed by atoms with E-state index in [1.165, 1.54) is 5.56 Å². The molecule has 0 fully saturated rings. The van der Waals surface area contributed by atoms with Gasteiger partial charge in [-0.1, -0.05) is 26.0 Å². The van der Waals surface area contributed by atoms with Gasteiger partial charge in [0, 0.05) is 6.54 Å². The number of hydrogen-bond acceptors (Lipinski definition) is 4. The Morgan fingerprint density at radius 3 is 2.60 bits per heavy atom. The van der Waals surface area contributed by atoms with Gasteiger partial charge in [-0.3, -0.25) is 0 Å². The van der Waals surface area contributed by atoms with Crippen LogP contribution in [0.15, 0.2) is 34.9 Å². The van der Waals surface area contributed by atoms with E-state index in [0.29, 0.717) is 11.8 Å². The molecule has 0 aliphatic heterocycles. The molecular formula is C15H18BrN3O. The van der Waals surface area contributed by atoms with Crippen molar-refractivity contribution in [2.75, 3.05) is 11.9 Å². The van der Waals surface area contributed by atoms with Crippen LogP contribution in [0.3, 0.4) is 0 Å². The highest BCUT2D eigenvalue weighted by molar-refractivity contribution is 9.10. The van der Waals surface area contributed by atoms with Crippen LogP contribution in [-0.4, -0.2) is 16.5 Å². The predicted molar refractivity (Wildman–Crippen MR) is 84.4 cm³/mol. The van der Waals surface area contributed by atoms with Crippen molar-refractivity contribution in [3.8, 4) is 11.6 Å². The molecular weight excluding hydrogens is 318 g/mol. The Morgan fingerprint density at radius 2 is 1.95 bits per heavy atom. The molecule has 1 aromatic heterocycles. The average Bonchev–Trinajstić information content (AvgIpc) is 2.49. The van der Waals surface area contributed by atoms with Crippen LogP contribution in [0.1, 0.15) is 25.8 Å². The fraction of sp³-hybridized carbons (Fsp3) is 0.333. The van der Waals surface area contributed by atoms with Gasteiger partial charge in [0.2, 0.25) is 11.8 Å². The molecule has 0 aliphatic carbocycles. The van der Waals surface area contributed by atoms with Crippen molar-refractivity contribution in [3.05, 3.63) is 40.5 Å². The molecule has 5 heteroatoms. The number of aryl methyl sites for hydroxylation is 1. The molecule has 1 heterocycles. The molecule has 1 aromatic carbocycles. The maximum absolute atomic E-state index is 5.79. The molecule has 0 atom stereocenters. The third-order valence-corrected chi connectivity index (χ3v) is 3.34. The fourth-order valence-corrected chi connectivity index (χ4v) is 1.92. The lowest BCUT2D eigenvalue weighted by Crippen LogP contribution is -2.04. The summed E-state index contributed by atoms with van der Waals surface area (Å²) in [6, 6.07) is 8.01. The molecule has 4 nitrogen and oxygen atoms in total. The van der Waals surface area contributed by atoms with Gasteiger partial charge in [0.25, 0.3) is 0 Å². The van der Waals surface area contributed by atoms with E-state index in [-0.39, 0.29) is 0 Å². The molecule has 20 heavy (non-hydrogen) atoms. The quantitative estimate of drug-likeness (QED) is 0.848. The second-order valence-electron chi connectivity index (χ2n) is 4.37. The third-order valence-electron chi connectivity index (χ3n) is 2.79. The van der Waals surface area contributed by atoms with E-state index >= 15 is 0 Å². The smallest absolute Gasteiger partial charge is 0.238 e. The van der Waals surface area contributed by atoms with Crippen LogP contribution in [0, 0.1) is 0 Å². The summed E-state index contributed by atoms with van der Waals surface area (Å²) in [6.45, 7) is 5.06. The van der Waals surface area contributed by atoms with Crippen LogP contribution < -0.4 is 10.1 Å². The van der Waals surface area contributed by atoms with Crippen LogP contribution in [0.5, 0.6) is 11.6 Å². The SMILES string of the molecule is CCCNc1ncc(Br)c(Oc2ccc(CC)cc2)n1. The first-order valence-corrected chi connectivity index (χ1v) is 7.55. The fourth-order valence-electron chi connectivity index (χ4n) is 1.65. The number of hydrogen-bond donors (Lipinski definition) is 1. The van der Waals surface area contributed by atoms with Crippen molar-refractivity contribution in [2.24, 2.45) is 0 Å². The van der Waals surface area contributed by atoms with Crippen LogP contribution in [-0.2, 0) is 6.42 Å². The van der Waals surface area contributed by atoms with E-state index in [1.807, 2.05) is 12.1 Å². The van der Waals surface area contributed by atoms with Crippen LogP contribution in [0.2, 0.25) is 0 Å². The molecule has 0 unspecified atom stereocenters. The minimum absolute atomic E-state index is 0.517. The van der Waals surface area contributed by atoms with Crippen molar-refractivity contribution in [1.82, 2.24) is 9.97 Å². The zero-order chi connectivity index (χ0) is 14.4. The Balaban J connectivity index is 2.14. The highest BCUT2D eigenvalue weighted by Crippen LogP contribution is 2.28. The van der Waals surface area contributed by atoms with Crippen LogP contribution in [0.4, 0.5) is 5.95 Å². The average molecular weight is 336 g/mol. The molecule has 0 spiro atoms. The second-order valence-corrected chi connectivity index (χ2v) is 5.23. The van der Waals surface area contributed by atoms with E-state index in [0.717, 1.165) is 29.6 Å². The lowest BCUT2D eigenvalue weighted by Gasteiger charge is -2.09. The van der Waals surface area contributed by atoms with E-state index < -0.39 is 0 Å². The van der Waals surface area contributed by atoms with Gasteiger partial charge in [-0.2, -0.15) is 4.98 Å². The molecule has 0 aliphatic rings. The number of nitrogens with one attached hydrogen (secondary N) is 1. The first-order chi connectivity index (χ1) is 9.72. The maximum atomic E-state index is 5.79. The van der Waals surface area contributed by atoms with Gasteiger partial charge >= 0.3 is 0 Å². The van der Waals surface area contributed by atoms with Gasteiger partial charge < -0.3 is 10.1 Å². The lowest BCUT2D eigenvalue weighted by atomic mass is 10.2. The molecule has 0 radical (unpaired) electrons. The number of halogens is 1. The first-order valence-electron chi connectivity index (χ1n) is 6.76. The summed E-state index contributed by atoms with van der Waals surface area (Å²) in [5, 5.41) is 3.14. The summed E-state index contributed by atoms with van der Waals surface area (Å²) >= 11 is 3.41. The Bertz CT molecular complexity index is 558. The number of nitrogens with zero attached hydrogens (tertiary/aromatic N) is 2. The number of aromatic nitrogens is 2. The van der Waals surface area contributed by atoms with Gasteiger partial charge in [-0.15, -0.1) is 0 Å². The molecule has 1 N–H and O–H groups in total.